The second-order valence-corrected chi connectivity index (χ2v) is 4.62. The third-order valence-corrected chi connectivity index (χ3v) is 2.95. The molecule has 0 aromatic carbocycles. The summed E-state index contributed by atoms with van der Waals surface area (Å²) >= 11 is 6.04. The summed E-state index contributed by atoms with van der Waals surface area (Å²) in [5.41, 5.74) is 0.851. The number of hydrogen-bond acceptors (Lipinski definition) is 6. The topological polar surface area (TPSA) is 62.7 Å². The summed E-state index contributed by atoms with van der Waals surface area (Å²) in [5.74, 6) is 0.539. The van der Waals surface area contributed by atoms with Crippen molar-refractivity contribution < 1.29 is 18.9 Å². The fraction of sp³-hybridized carbons (Fsp3) is 0.714. The van der Waals surface area contributed by atoms with Gasteiger partial charge in [0.05, 0.1) is 38.6 Å². The van der Waals surface area contributed by atoms with E-state index in [-0.39, 0.29) is 0 Å². The number of halogens is 1. The van der Waals surface area contributed by atoms with Crippen LogP contribution in [0.4, 0.5) is 0 Å². The summed E-state index contributed by atoms with van der Waals surface area (Å²) < 4.78 is 21.1. The van der Waals surface area contributed by atoms with Gasteiger partial charge >= 0.3 is 0 Å². The molecule has 1 heterocycles. The Morgan fingerprint density at radius 3 is 2.33 bits per heavy atom. The third kappa shape index (κ3) is 7.57. The van der Waals surface area contributed by atoms with Crippen molar-refractivity contribution in [2.45, 2.75) is 19.8 Å². The maximum atomic E-state index is 6.04. The highest BCUT2D eigenvalue weighted by molar-refractivity contribution is 6.30. The van der Waals surface area contributed by atoms with Crippen LogP contribution in [0.15, 0.2) is 6.33 Å². The molecule has 21 heavy (non-hydrogen) atoms. The fourth-order valence-corrected chi connectivity index (χ4v) is 1.84. The van der Waals surface area contributed by atoms with Crippen LogP contribution in [-0.4, -0.2) is 56.7 Å². The molecule has 0 N–H and O–H groups in total. The first kappa shape index (κ1) is 18.1. The minimum atomic E-state index is 0.419. The van der Waals surface area contributed by atoms with Gasteiger partial charge < -0.3 is 18.9 Å². The number of aromatic nitrogens is 2. The van der Waals surface area contributed by atoms with Crippen molar-refractivity contribution in [2.75, 3.05) is 46.8 Å². The monoisotopic (exact) mass is 318 g/mol. The summed E-state index contributed by atoms with van der Waals surface area (Å²) in [5, 5.41) is 0.453. The Labute approximate surface area is 130 Å². The molecule has 0 bridgehead atoms. The fourth-order valence-electron chi connectivity index (χ4n) is 1.62. The maximum Gasteiger partial charge on any atom is 0.221 e. The molecule has 0 spiro atoms. The first-order chi connectivity index (χ1) is 10.3. The molecule has 0 atom stereocenters. The van der Waals surface area contributed by atoms with Crippen LogP contribution in [0.3, 0.4) is 0 Å². The Balaban J connectivity index is 2.16. The van der Waals surface area contributed by atoms with Gasteiger partial charge in [0.1, 0.15) is 18.1 Å². The maximum absolute atomic E-state index is 6.04. The van der Waals surface area contributed by atoms with E-state index >= 15 is 0 Å². The number of rotatable bonds is 12. The van der Waals surface area contributed by atoms with E-state index in [0.717, 1.165) is 18.4 Å². The summed E-state index contributed by atoms with van der Waals surface area (Å²) in [6.45, 7) is 5.21. The van der Waals surface area contributed by atoms with E-state index in [1.165, 1.54) is 6.33 Å². The average Bonchev–Trinajstić information content (AvgIpc) is 2.49. The van der Waals surface area contributed by atoms with E-state index in [1.54, 1.807) is 7.11 Å². The van der Waals surface area contributed by atoms with Gasteiger partial charge in [-0.1, -0.05) is 24.9 Å². The predicted octanol–water partition coefficient (Wildman–Crippen LogP) is 2.14. The van der Waals surface area contributed by atoms with Crippen LogP contribution in [0.2, 0.25) is 5.15 Å². The summed E-state index contributed by atoms with van der Waals surface area (Å²) in [4.78, 5) is 8.08. The second-order valence-electron chi connectivity index (χ2n) is 4.26. The van der Waals surface area contributed by atoms with E-state index in [9.17, 15) is 0 Å². The summed E-state index contributed by atoms with van der Waals surface area (Å²) in [6.07, 6.45) is 3.16. The van der Waals surface area contributed by atoms with Gasteiger partial charge in [-0.05, 0) is 6.42 Å². The molecule has 1 rings (SSSR count). The molecule has 1 aromatic heterocycles. The zero-order chi connectivity index (χ0) is 15.3. The Morgan fingerprint density at radius 2 is 1.67 bits per heavy atom. The zero-order valence-electron chi connectivity index (χ0n) is 12.6. The van der Waals surface area contributed by atoms with Crippen LogP contribution in [0.25, 0.3) is 0 Å². The minimum absolute atomic E-state index is 0.419. The number of nitrogens with zero attached hydrogens (tertiary/aromatic N) is 2. The third-order valence-electron chi connectivity index (χ3n) is 2.62. The van der Waals surface area contributed by atoms with Crippen molar-refractivity contribution in [1.82, 2.24) is 9.97 Å². The van der Waals surface area contributed by atoms with Crippen molar-refractivity contribution >= 4 is 11.6 Å². The van der Waals surface area contributed by atoms with Gasteiger partial charge in [-0.15, -0.1) is 0 Å². The summed E-state index contributed by atoms with van der Waals surface area (Å²) in [6, 6.07) is 0. The van der Waals surface area contributed by atoms with Crippen LogP contribution >= 0.6 is 11.6 Å². The van der Waals surface area contributed by atoms with Gasteiger partial charge in [0.2, 0.25) is 5.88 Å². The van der Waals surface area contributed by atoms with Gasteiger partial charge in [-0.2, -0.15) is 0 Å². The zero-order valence-corrected chi connectivity index (χ0v) is 13.4. The Hall–Kier alpha value is -0.950. The minimum Gasteiger partial charge on any atom is -0.475 e. The second kappa shape index (κ2) is 11.7. The molecule has 7 heteroatoms. The number of hydrogen-bond donors (Lipinski definition) is 0. The average molecular weight is 319 g/mol. The number of ether oxygens (including phenoxy) is 4. The Morgan fingerprint density at radius 1 is 1.00 bits per heavy atom. The Bertz CT molecular complexity index is 393. The molecular formula is C14H23ClN2O4. The highest BCUT2D eigenvalue weighted by Crippen LogP contribution is 2.23. The van der Waals surface area contributed by atoms with E-state index in [0.29, 0.717) is 50.7 Å². The number of methoxy groups -OCH3 is 1. The summed E-state index contributed by atoms with van der Waals surface area (Å²) in [7, 11) is 1.64. The van der Waals surface area contributed by atoms with E-state index in [4.69, 9.17) is 30.5 Å². The van der Waals surface area contributed by atoms with Gasteiger partial charge in [-0.3, -0.25) is 0 Å². The molecule has 0 amide bonds. The molecule has 0 aliphatic rings. The van der Waals surface area contributed by atoms with Crippen LogP contribution < -0.4 is 4.74 Å². The lowest BCUT2D eigenvalue weighted by Crippen LogP contribution is -2.13. The highest BCUT2D eigenvalue weighted by atomic mass is 35.5. The van der Waals surface area contributed by atoms with Crippen LogP contribution in [0.5, 0.6) is 5.88 Å². The van der Waals surface area contributed by atoms with Gasteiger partial charge in [-0.25, -0.2) is 9.97 Å². The normalized spacial score (nSPS) is 10.8. The predicted molar refractivity (Wildman–Crippen MR) is 80.0 cm³/mol. The molecule has 120 valence electrons. The van der Waals surface area contributed by atoms with Crippen LogP contribution in [0.1, 0.15) is 18.9 Å². The van der Waals surface area contributed by atoms with E-state index in [2.05, 4.69) is 16.9 Å². The van der Waals surface area contributed by atoms with Crippen molar-refractivity contribution in [1.29, 1.82) is 0 Å². The molecule has 0 radical (unpaired) electrons. The standard InChI is InChI=1S/C14H23ClN2O4/c1-3-4-12-13(15)16-11-17-14(12)21-10-9-20-8-7-19-6-5-18-2/h11H,3-10H2,1-2H3. The molecule has 0 aliphatic carbocycles. The van der Waals surface area contributed by atoms with E-state index < -0.39 is 0 Å². The smallest absolute Gasteiger partial charge is 0.221 e. The lowest BCUT2D eigenvalue weighted by Gasteiger charge is -2.10. The van der Waals surface area contributed by atoms with E-state index in [1.807, 2.05) is 0 Å². The Kier molecular flexibility index (Phi) is 10.1. The van der Waals surface area contributed by atoms with Crippen molar-refractivity contribution in [2.24, 2.45) is 0 Å². The SMILES string of the molecule is CCCc1c(Cl)ncnc1OCCOCCOCCOC. The van der Waals surface area contributed by atoms with Gasteiger partial charge in [0, 0.05) is 7.11 Å². The lowest BCUT2D eigenvalue weighted by atomic mass is 10.2. The van der Waals surface area contributed by atoms with Crippen molar-refractivity contribution in [3.63, 3.8) is 0 Å². The highest BCUT2D eigenvalue weighted by Gasteiger charge is 2.10. The molecule has 0 aliphatic heterocycles. The van der Waals surface area contributed by atoms with Gasteiger partial charge in [0.15, 0.2) is 0 Å². The molecule has 1 aromatic rings. The van der Waals surface area contributed by atoms with Crippen LogP contribution in [0, 0.1) is 0 Å². The lowest BCUT2D eigenvalue weighted by molar-refractivity contribution is 0.0176. The first-order valence-electron chi connectivity index (χ1n) is 7.06. The quantitative estimate of drug-likeness (QED) is 0.434. The molecular weight excluding hydrogens is 296 g/mol. The molecule has 6 nitrogen and oxygen atoms in total. The molecule has 0 saturated heterocycles. The van der Waals surface area contributed by atoms with Crippen molar-refractivity contribution in [3.05, 3.63) is 17.0 Å². The molecule has 0 fully saturated rings. The molecule has 0 unspecified atom stereocenters. The van der Waals surface area contributed by atoms with Crippen LogP contribution in [-0.2, 0) is 20.6 Å². The first-order valence-corrected chi connectivity index (χ1v) is 7.44. The van der Waals surface area contributed by atoms with Gasteiger partial charge in [0.25, 0.3) is 0 Å². The van der Waals surface area contributed by atoms with Crippen molar-refractivity contribution in [3.8, 4) is 5.88 Å². The molecule has 0 saturated carbocycles. The largest absolute Gasteiger partial charge is 0.475 e.